The van der Waals surface area contributed by atoms with Crippen LogP contribution in [0, 0.1) is 16.7 Å². The van der Waals surface area contributed by atoms with Gasteiger partial charge < -0.3 is 16.6 Å². The molecule has 100 valence electrons. The first kappa shape index (κ1) is 13.8. The van der Waals surface area contributed by atoms with Crippen LogP contribution in [0.2, 0.25) is 5.02 Å². The summed E-state index contributed by atoms with van der Waals surface area (Å²) in [6, 6.07) is 3.63. The summed E-state index contributed by atoms with van der Waals surface area (Å²) in [5.74, 6) is 0.714. The highest BCUT2D eigenvalue weighted by Crippen LogP contribution is 2.45. The van der Waals surface area contributed by atoms with Crippen molar-refractivity contribution in [2.75, 3.05) is 5.73 Å². The quantitative estimate of drug-likeness (QED) is 0.564. The highest BCUT2D eigenvalue weighted by atomic mass is 35.5. The van der Waals surface area contributed by atoms with Crippen molar-refractivity contribution in [1.29, 1.82) is 10.8 Å². The van der Waals surface area contributed by atoms with Gasteiger partial charge >= 0.3 is 0 Å². The fourth-order valence-electron chi connectivity index (χ4n) is 2.50. The molecule has 1 aromatic rings. The van der Waals surface area contributed by atoms with Gasteiger partial charge in [-0.3, -0.25) is 0 Å². The molecule has 1 fully saturated rings. The second kappa shape index (κ2) is 5.57. The number of benzene rings is 1. The van der Waals surface area contributed by atoms with E-state index < -0.39 is 0 Å². The first-order valence-corrected chi connectivity index (χ1v) is 6.75. The van der Waals surface area contributed by atoms with Crippen molar-refractivity contribution in [3.8, 4) is 0 Å². The van der Waals surface area contributed by atoms with Crippen LogP contribution in [-0.4, -0.2) is 11.9 Å². The zero-order valence-corrected chi connectivity index (χ0v) is 11.7. The Bertz CT molecular complexity index is 543. The number of halogens is 1. The molecule has 0 bridgehead atoms. The van der Waals surface area contributed by atoms with Gasteiger partial charge in [-0.2, -0.15) is 0 Å². The van der Waals surface area contributed by atoms with Gasteiger partial charge in [0.1, 0.15) is 0 Å². The van der Waals surface area contributed by atoms with E-state index in [2.05, 4.69) is 0 Å². The molecule has 1 aliphatic rings. The van der Waals surface area contributed by atoms with Gasteiger partial charge in [-0.05, 0) is 49.5 Å². The minimum atomic E-state index is 0.334. The highest BCUT2D eigenvalue weighted by molar-refractivity contribution is 6.32. The second-order valence-electron chi connectivity index (χ2n) is 4.97. The fraction of sp³-hybridized carbons (Fsp3) is 0.333. The van der Waals surface area contributed by atoms with Gasteiger partial charge in [-0.15, -0.1) is 0 Å². The average molecular weight is 276 g/mol. The Morgan fingerprint density at radius 2 is 2.11 bits per heavy atom. The maximum atomic E-state index is 7.88. The van der Waals surface area contributed by atoms with Crippen molar-refractivity contribution in [3.63, 3.8) is 0 Å². The molecular weight excluding hydrogens is 258 g/mol. The number of allylic oxidation sites excluding steroid dienone is 2. The smallest absolute Gasteiger partial charge is 0.0448 e. The molecule has 0 amide bonds. The van der Waals surface area contributed by atoms with Crippen LogP contribution in [0.25, 0.3) is 0 Å². The van der Waals surface area contributed by atoms with Gasteiger partial charge in [0, 0.05) is 34.1 Å². The van der Waals surface area contributed by atoms with Gasteiger partial charge in [0.25, 0.3) is 0 Å². The Hall–Kier alpha value is -1.61. The lowest BCUT2D eigenvalue weighted by molar-refractivity contribution is 0.345. The summed E-state index contributed by atoms with van der Waals surface area (Å²) < 4.78 is 0. The van der Waals surface area contributed by atoms with Crippen LogP contribution < -0.4 is 5.73 Å². The van der Waals surface area contributed by atoms with Crippen molar-refractivity contribution in [3.05, 3.63) is 40.4 Å². The van der Waals surface area contributed by atoms with Gasteiger partial charge in [0.15, 0.2) is 0 Å². The Morgan fingerprint density at radius 3 is 2.68 bits per heavy atom. The van der Waals surface area contributed by atoms with Gasteiger partial charge in [0.2, 0.25) is 0 Å². The molecule has 1 aromatic carbocycles. The minimum Gasteiger partial charge on any atom is -0.398 e. The van der Waals surface area contributed by atoms with Crippen molar-refractivity contribution in [2.45, 2.75) is 25.7 Å². The molecule has 0 aromatic heterocycles. The van der Waals surface area contributed by atoms with Crippen LogP contribution in [0.3, 0.4) is 0 Å². The maximum Gasteiger partial charge on any atom is 0.0448 e. The van der Waals surface area contributed by atoms with Crippen molar-refractivity contribution < 1.29 is 0 Å². The predicted molar refractivity (Wildman–Crippen MR) is 81.8 cm³/mol. The molecule has 3 nitrogen and oxygen atoms in total. The third-order valence-electron chi connectivity index (χ3n) is 3.72. The van der Waals surface area contributed by atoms with Crippen molar-refractivity contribution >= 4 is 29.2 Å². The number of hydrogen-bond donors (Lipinski definition) is 3. The molecule has 19 heavy (non-hydrogen) atoms. The number of anilines is 1. The molecule has 0 radical (unpaired) electrons. The number of rotatable bonds is 4. The standard InChI is InChI=1S/C15H18ClN3/c1-2-3-14(18)10-4-9(5-10)12-7-15(19)11(8-17)6-13(12)16/h2-3,6-10,17-18H,4-5,19H2,1H3. The lowest BCUT2D eigenvalue weighted by Gasteiger charge is -2.36. The summed E-state index contributed by atoms with van der Waals surface area (Å²) in [6.45, 7) is 1.93. The Morgan fingerprint density at radius 1 is 1.42 bits per heavy atom. The molecule has 1 aliphatic carbocycles. The first-order chi connectivity index (χ1) is 9.06. The molecule has 1 saturated carbocycles. The third-order valence-corrected chi connectivity index (χ3v) is 4.05. The highest BCUT2D eigenvalue weighted by Gasteiger charge is 2.33. The number of nitrogens with two attached hydrogens (primary N) is 1. The van der Waals surface area contributed by atoms with Crippen molar-refractivity contribution in [1.82, 2.24) is 0 Å². The summed E-state index contributed by atoms with van der Waals surface area (Å²) in [6.07, 6.45) is 6.88. The molecule has 2 rings (SSSR count). The van der Waals surface area contributed by atoms with E-state index in [9.17, 15) is 0 Å². The van der Waals surface area contributed by atoms with E-state index >= 15 is 0 Å². The lowest BCUT2D eigenvalue weighted by Crippen LogP contribution is -2.28. The molecule has 0 heterocycles. The van der Waals surface area contributed by atoms with E-state index in [0.717, 1.165) is 18.4 Å². The largest absolute Gasteiger partial charge is 0.398 e. The monoisotopic (exact) mass is 275 g/mol. The van der Waals surface area contributed by atoms with E-state index in [1.807, 2.05) is 25.1 Å². The Balaban J connectivity index is 2.12. The van der Waals surface area contributed by atoms with Gasteiger partial charge in [-0.25, -0.2) is 0 Å². The van der Waals surface area contributed by atoms with Crippen LogP contribution in [0.5, 0.6) is 0 Å². The number of nitrogen functional groups attached to an aromatic ring is 1. The van der Waals surface area contributed by atoms with Crippen LogP contribution in [0.1, 0.15) is 36.8 Å². The number of nitrogens with one attached hydrogen (secondary N) is 2. The molecule has 0 atom stereocenters. The van der Waals surface area contributed by atoms with Crippen molar-refractivity contribution in [2.24, 2.45) is 5.92 Å². The van der Waals surface area contributed by atoms with Crippen LogP contribution in [-0.2, 0) is 0 Å². The molecule has 0 spiro atoms. The average Bonchev–Trinajstić information content (AvgIpc) is 2.31. The molecule has 0 unspecified atom stereocenters. The Labute approximate surface area is 118 Å². The van der Waals surface area contributed by atoms with E-state index in [-0.39, 0.29) is 0 Å². The summed E-state index contributed by atoms with van der Waals surface area (Å²) in [7, 11) is 0. The third kappa shape index (κ3) is 2.71. The second-order valence-corrected chi connectivity index (χ2v) is 5.37. The van der Waals surface area contributed by atoms with Gasteiger partial charge in [0.05, 0.1) is 0 Å². The predicted octanol–water partition coefficient (Wildman–Crippen LogP) is 4.01. The van der Waals surface area contributed by atoms with Gasteiger partial charge in [-0.1, -0.05) is 17.7 Å². The first-order valence-electron chi connectivity index (χ1n) is 6.37. The van der Waals surface area contributed by atoms with Crippen LogP contribution >= 0.6 is 11.6 Å². The zero-order chi connectivity index (χ0) is 14.0. The molecule has 0 aliphatic heterocycles. The van der Waals surface area contributed by atoms with Crippen LogP contribution in [0.15, 0.2) is 24.3 Å². The zero-order valence-electron chi connectivity index (χ0n) is 10.9. The topological polar surface area (TPSA) is 73.7 Å². The molecular formula is C15H18ClN3. The normalized spacial score (nSPS) is 22.2. The fourth-order valence-corrected chi connectivity index (χ4v) is 2.83. The minimum absolute atomic E-state index is 0.334. The molecule has 4 heteroatoms. The Kier molecular flexibility index (Phi) is 4.05. The SMILES string of the molecule is CC=CC(=N)C1CC(c2cc(N)c(C=N)cc2Cl)C1. The van der Waals surface area contributed by atoms with E-state index in [1.165, 1.54) is 6.21 Å². The number of hydrogen-bond acceptors (Lipinski definition) is 3. The summed E-state index contributed by atoms with van der Waals surface area (Å²) in [5.41, 5.74) is 8.90. The molecule has 4 N–H and O–H groups in total. The lowest BCUT2D eigenvalue weighted by atomic mass is 9.69. The van der Waals surface area contributed by atoms with Crippen LogP contribution in [0.4, 0.5) is 5.69 Å². The molecule has 0 saturated heterocycles. The van der Waals surface area contributed by atoms with E-state index in [1.54, 1.807) is 6.07 Å². The summed E-state index contributed by atoms with van der Waals surface area (Å²) >= 11 is 6.25. The maximum absolute atomic E-state index is 7.88. The van der Waals surface area contributed by atoms with E-state index in [4.69, 9.17) is 28.2 Å². The van der Waals surface area contributed by atoms with E-state index in [0.29, 0.717) is 33.8 Å². The summed E-state index contributed by atoms with van der Waals surface area (Å²) in [4.78, 5) is 0. The summed E-state index contributed by atoms with van der Waals surface area (Å²) in [5, 5.41) is 15.8.